The Bertz CT molecular complexity index is 1080. The lowest BCUT2D eigenvalue weighted by atomic mass is 10.1. The van der Waals surface area contributed by atoms with E-state index in [1.165, 1.54) is 11.3 Å². The Labute approximate surface area is 212 Å². The molecule has 0 aliphatic carbocycles. The SMILES string of the molecule is CCOc1cc(C(=O)N(CCN(C)C)c2nc3c(C)cccc3s2)cc(OCC)c1OCC.Cl. The van der Waals surface area contributed by atoms with Crippen molar-refractivity contribution >= 4 is 45.0 Å². The molecule has 2 aromatic carbocycles. The first-order chi connectivity index (χ1) is 15.9. The number of hydrogen-bond donors (Lipinski definition) is 0. The standard InChI is InChI=1S/C25H33N3O4S.ClH/c1-7-30-19-15-18(16-20(31-8-2)23(19)32-9-3)24(29)28(14-13-27(5)6)25-26-22-17(4)11-10-12-21(22)33-25;/h10-12,15-16H,7-9,13-14H2,1-6H3;1H. The first-order valence-corrected chi connectivity index (χ1v) is 12.1. The number of anilines is 1. The fourth-order valence-electron chi connectivity index (χ4n) is 3.44. The van der Waals surface area contributed by atoms with Gasteiger partial charge in [0.25, 0.3) is 5.91 Å². The van der Waals surface area contributed by atoms with Crippen LogP contribution in [-0.2, 0) is 0 Å². The van der Waals surface area contributed by atoms with E-state index in [-0.39, 0.29) is 18.3 Å². The summed E-state index contributed by atoms with van der Waals surface area (Å²) >= 11 is 1.52. The molecule has 1 aromatic heterocycles. The van der Waals surface area contributed by atoms with Crippen molar-refractivity contribution < 1.29 is 19.0 Å². The lowest BCUT2D eigenvalue weighted by Gasteiger charge is -2.23. The predicted octanol–water partition coefficient (Wildman–Crippen LogP) is 5.43. The van der Waals surface area contributed by atoms with Gasteiger partial charge in [-0.15, -0.1) is 12.4 Å². The van der Waals surface area contributed by atoms with Crippen LogP contribution in [0.1, 0.15) is 36.7 Å². The van der Waals surface area contributed by atoms with Crippen molar-refractivity contribution in [2.75, 3.05) is 51.9 Å². The van der Waals surface area contributed by atoms with Crippen LogP contribution in [0.25, 0.3) is 10.2 Å². The lowest BCUT2D eigenvalue weighted by Crippen LogP contribution is -2.36. The van der Waals surface area contributed by atoms with Gasteiger partial charge in [0.1, 0.15) is 0 Å². The number of carbonyl (C=O) groups excluding carboxylic acids is 1. The van der Waals surface area contributed by atoms with Crippen LogP contribution in [0.3, 0.4) is 0 Å². The quantitative estimate of drug-likeness (QED) is 0.345. The van der Waals surface area contributed by atoms with Crippen molar-refractivity contribution in [1.82, 2.24) is 9.88 Å². The molecular weight excluding hydrogens is 474 g/mol. The Kier molecular flexibility index (Phi) is 10.4. The summed E-state index contributed by atoms with van der Waals surface area (Å²) in [7, 11) is 3.98. The van der Waals surface area contributed by atoms with E-state index in [1.54, 1.807) is 17.0 Å². The molecule has 3 aromatic rings. The van der Waals surface area contributed by atoms with Crippen molar-refractivity contribution in [3.8, 4) is 17.2 Å². The molecule has 0 unspecified atom stereocenters. The Morgan fingerprint density at radius 2 is 1.59 bits per heavy atom. The van der Waals surface area contributed by atoms with Gasteiger partial charge < -0.3 is 19.1 Å². The second kappa shape index (κ2) is 12.8. The average molecular weight is 508 g/mol. The number of aromatic nitrogens is 1. The second-order valence-corrected chi connectivity index (χ2v) is 8.79. The lowest BCUT2D eigenvalue weighted by molar-refractivity contribution is 0.0984. The minimum Gasteiger partial charge on any atom is -0.490 e. The number of hydrogen-bond acceptors (Lipinski definition) is 7. The van der Waals surface area contributed by atoms with Crippen LogP contribution in [-0.4, -0.2) is 62.8 Å². The number of halogens is 1. The molecule has 0 radical (unpaired) electrons. The predicted molar refractivity (Wildman–Crippen MR) is 142 cm³/mol. The molecule has 1 amide bonds. The minimum absolute atomic E-state index is 0. The molecule has 0 fully saturated rings. The molecule has 7 nitrogen and oxygen atoms in total. The molecule has 186 valence electrons. The number of nitrogens with zero attached hydrogens (tertiary/aromatic N) is 3. The van der Waals surface area contributed by atoms with E-state index < -0.39 is 0 Å². The maximum atomic E-state index is 13.8. The van der Waals surface area contributed by atoms with Gasteiger partial charge in [-0.05, 0) is 65.6 Å². The Morgan fingerprint density at radius 1 is 0.971 bits per heavy atom. The van der Waals surface area contributed by atoms with Gasteiger partial charge >= 0.3 is 0 Å². The van der Waals surface area contributed by atoms with E-state index in [0.29, 0.717) is 60.9 Å². The molecule has 0 N–H and O–H groups in total. The molecule has 0 bridgehead atoms. The zero-order chi connectivity index (χ0) is 24.0. The summed E-state index contributed by atoms with van der Waals surface area (Å²) in [5.41, 5.74) is 2.49. The third kappa shape index (κ3) is 6.31. The van der Waals surface area contributed by atoms with Crippen LogP contribution in [0.15, 0.2) is 30.3 Å². The highest BCUT2D eigenvalue weighted by Crippen LogP contribution is 2.40. The van der Waals surface area contributed by atoms with Gasteiger partial charge in [0.2, 0.25) is 5.75 Å². The molecule has 3 rings (SSSR count). The first kappa shape index (κ1) is 27.7. The van der Waals surface area contributed by atoms with Crippen LogP contribution in [0.2, 0.25) is 0 Å². The van der Waals surface area contributed by atoms with Crippen LogP contribution >= 0.6 is 23.7 Å². The molecule has 9 heteroatoms. The highest BCUT2D eigenvalue weighted by atomic mass is 35.5. The third-order valence-electron chi connectivity index (χ3n) is 5.01. The number of para-hydroxylation sites is 1. The minimum atomic E-state index is -0.154. The monoisotopic (exact) mass is 507 g/mol. The maximum Gasteiger partial charge on any atom is 0.260 e. The molecule has 1 heterocycles. The summed E-state index contributed by atoms with van der Waals surface area (Å²) in [5.74, 6) is 1.37. The first-order valence-electron chi connectivity index (χ1n) is 11.3. The number of aryl methyl sites for hydroxylation is 1. The van der Waals surface area contributed by atoms with Gasteiger partial charge in [0.15, 0.2) is 16.6 Å². The fourth-order valence-corrected chi connectivity index (χ4v) is 4.51. The molecule has 0 aliphatic heterocycles. The van der Waals surface area contributed by atoms with Gasteiger partial charge in [-0.2, -0.15) is 0 Å². The van der Waals surface area contributed by atoms with E-state index in [1.807, 2.05) is 64.9 Å². The van der Waals surface area contributed by atoms with Gasteiger partial charge in [-0.25, -0.2) is 4.98 Å². The Balaban J connectivity index is 0.00000408. The highest BCUT2D eigenvalue weighted by Gasteiger charge is 2.25. The fraction of sp³-hybridized carbons (Fsp3) is 0.440. The van der Waals surface area contributed by atoms with Crippen LogP contribution in [0.5, 0.6) is 17.2 Å². The molecule has 0 atom stereocenters. The Morgan fingerprint density at radius 3 is 2.12 bits per heavy atom. The number of ether oxygens (including phenoxy) is 3. The number of thiazole rings is 1. The number of rotatable bonds is 11. The van der Waals surface area contributed by atoms with E-state index in [9.17, 15) is 4.79 Å². The Hall–Kier alpha value is -2.55. The van der Waals surface area contributed by atoms with Crippen molar-refractivity contribution in [1.29, 1.82) is 0 Å². The molecule has 0 saturated heterocycles. The molecular formula is C25H34ClN3O4S. The second-order valence-electron chi connectivity index (χ2n) is 7.78. The number of amides is 1. The normalized spacial score (nSPS) is 10.8. The summed E-state index contributed by atoms with van der Waals surface area (Å²) in [6, 6.07) is 9.56. The topological polar surface area (TPSA) is 64.1 Å². The number of benzene rings is 2. The smallest absolute Gasteiger partial charge is 0.260 e. The largest absolute Gasteiger partial charge is 0.490 e. The average Bonchev–Trinajstić information content (AvgIpc) is 3.21. The van der Waals surface area contributed by atoms with Crippen LogP contribution in [0, 0.1) is 6.92 Å². The summed E-state index contributed by atoms with van der Waals surface area (Å²) in [5, 5.41) is 0.677. The van der Waals surface area contributed by atoms with Crippen molar-refractivity contribution in [2.45, 2.75) is 27.7 Å². The number of carbonyl (C=O) groups is 1. The van der Waals surface area contributed by atoms with Crippen LogP contribution < -0.4 is 19.1 Å². The van der Waals surface area contributed by atoms with Gasteiger partial charge in [0, 0.05) is 18.7 Å². The van der Waals surface area contributed by atoms with E-state index >= 15 is 0 Å². The number of fused-ring (bicyclic) bond motifs is 1. The summed E-state index contributed by atoms with van der Waals surface area (Å²) < 4.78 is 18.5. The van der Waals surface area contributed by atoms with Crippen molar-refractivity contribution in [3.05, 3.63) is 41.5 Å². The summed E-state index contributed by atoms with van der Waals surface area (Å²) in [6.07, 6.45) is 0. The zero-order valence-electron chi connectivity index (χ0n) is 20.7. The van der Waals surface area contributed by atoms with E-state index in [0.717, 1.165) is 15.8 Å². The van der Waals surface area contributed by atoms with Gasteiger partial charge in [-0.3, -0.25) is 9.69 Å². The highest BCUT2D eigenvalue weighted by molar-refractivity contribution is 7.22. The van der Waals surface area contributed by atoms with E-state index in [2.05, 4.69) is 0 Å². The van der Waals surface area contributed by atoms with E-state index in [4.69, 9.17) is 19.2 Å². The number of likely N-dealkylation sites (N-methyl/N-ethyl adjacent to an activating group) is 1. The molecule has 0 spiro atoms. The third-order valence-corrected chi connectivity index (χ3v) is 6.06. The van der Waals surface area contributed by atoms with Crippen molar-refractivity contribution in [2.24, 2.45) is 0 Å². The summed E-state index contributed by atoms with van der Waals surface area (Å²) in [4.78, 5) is 22.4. The molecule has 0 aliphatic rings. The molecule has 34 heavy (non-hydrogen) atoms. The maximum absolute atomic E-state index is 13.8. The van der Waals surface area contributed by atoms with Crippen LogP contribution in [0.4, 0.5) is 5.13 Å². The molecule has 0 saturated carbocycles. The van der Waals surface area contributed by atoms with Gasteiger partial charge in [-0.1, -0.05) is 23.5 Å². The summed E-state index contributed by atoms with van der Waals surface area (Å²) in [6.45, 7) is 10.3. The van der Waals surface area contributed by atoms with Gasteiger partial charge in [0.05, 0.1) is 30.0 Å². The van der Waals surface area contributed by atoms with Crippen molar-refractivity contribution in [3.63, 3.8) is 0 Å². The zero-order valence-corrected chi connectivity index (χ0v) is 22.3.